The van der Waals surface area contributed by atoms with Gasteiger partial charge in [0.1, 0.15) is 0 Å². The second-order valence-corrected chi connectivity index (χ2v) is 8.55. The lowest BCUT2D eigenvalue weighted by Gasteiger charge is -2.36. The summed E-state index contributed by atoms with van der Waals surface area (Å²) in [5.74, 6) is -0.117. The van der Waals surface area contributed by atoms with Gasteiger partial charge in [0.05, 0.1) is 20.9 Å². The average molecular weight is 385 g/mol. The maximum Gasteiger partial charge on any atom is 0.254 e. The van der Waals surface area contributed by atoms with Crippen LogP contribution in [0.5, 0.6) is 0 Å². The van der Waals surface area contributed by atoms with E-state index in [4.69, 9.17) is 5.73 Å². The summed E-state index contributed by atoms with van der Waals surface area (Å²) in [5.41, 5.74) is 7.80. The van der Waals surface area contributed by atoms with E-state index in [1.165, 1.54) is 11.3 Å². The first-order valence-corrected chi connectivity index (χ1v) is 10.3. The van der Waals surface area contributed by atoms with Gasteiger partial charge in [0, 0.05) is 12.6 Å². The highest BCUT2D eigenvalue weighted by Crippen LogP contribution is 2.46. The van der Waals surface area contributed by atoms with Gasteiger partial charge in [0.15, 0.2) is 5.78 Å². The molecule has 0 bridgehead atoms. The largest absolute Gasteiger partial charge is 0.396 e. The third-order valence-electron chi connectivity index (χ3n) is 5.70. The number of amides is 1. The third kappa shape index (κ3) is 3.17. The molecule has 0 aliphatic heterocycles. The molecule has 4 rings (SSSR count). The molecule has 1 aromatic heterocycles. The molecule has 0 radical (unpaired) electrons. The van der Waals surface area contributed by atoms with Crippen LogP contribution in [0.2, 0.25) is 0 Å². The van der Waals surface area contributed by atoms with Crippen LogP contribution in [0.1, 0.15) is 63.3 Å². The SMILES string of the molecule is Nc1sc2c(c1C(=O)NC1CC1)CCC(CCCO)(c1ccccc1)C2=O. The second kappa shape index (κ2) is 7.09. The van der Waals surface area contributed by atoms with Crippen molar-refractivity contribution in [1.29, 1.82) is 0 Å². The predicted octanol–water partition coefficient (Wildman–Crippen LogP) is 3.06. The molecule has 6 heteroatoms. The number of nitrogens with two attached hydrogens (primary N) is 1. The van der Waals surface area contributed by atoms with Crippen molar-refractivity contribution >= 4 is 28.0 Å². The predicted molar refractivity (Wildman–Crippen MR) is 106 cm³/mol. The number of benzene rings is 1. The van der Waals surface area contributed by atoms with Gasteiger partial charge in [-0.1, -0.05) is 30.3 Å². The maximum atomic E-state index is 13.6. The molecular formula is C21H24N2O3S. The molecule has 0 spiro atoms. The molecule has 1 atom stereocenters. The minimum Gasteiger partial charge on any atom is -0.396 e. The Balaban J connectivity index is 1.74. The molecule has 5 nitrogen and oxygen atoms in total. The van der Waals surface area contributed by atoms with Gasteiger partial charge in [-0.05, 0) is 49.7 Å². The van der Waals surface area contributed by atoms with Gasteiger partial charge >= 0.3 is 0 Å². The Bertz CT molecular complexity index is 873. The fraction of sp³-hybridized carbons (Fsp3) is 0.429. The standard InChI is InChI=1S/C21H24N2O3S/c22-19-16(20(26)23-14-7-8-14)15-9-11-21(10-4-12-24,18(25)17(15)27-19)13-5-2-1-3-6-13/h1-3,5-6,14,24H,4,7-12,22H2,(H,23,26). The van der Waals surface area contributed by atoms with E-state index >= 15 is 0 Å². The van der Waals surface area contributed by atoms with Crippen molar-refractivity contribution in [2.45, 2.75) is 50.0 Å². The van der Waals surface area contributed by atoms with Crippen LogP contribution in [0.3, 0.4) is 0 Å². The van der Waals surface area contributed by atoms with Gasteiger partial charge in [-0.15, -0.1) is 11.3 Å². The summed E-state index contributed by atoms with van der Waals surface area (Å²) in [7, 11) is 0. The van der Waals surface area contributed by atoms with E-state index < -0.39 is 5.41 Å². The number of thiophene rings is 1. The summed E-state index contributed by atoms with van der Waals surface area (Å²) in [6.07, 6.45) is 4.44. The molecule has 4 N–H and O–H groups in total. The molecule has 142 valence electrons. The topological polar surface area (TPSA) is 92.4 Å². The Hall–Kier alpha value is -2.18. The zero-order valence-corrected chi connectivity index (χ0v) is 16.0. The van der Waals surface area contributed by atoms with E-state index in [9.17, 15) is 14.7 Å². The summed E-state index contributed by atoms with van der Waals surface area (Å²) in [6, 6.07) is 10.0. The molecule has 1 aromatic carbocycles. The summed E-state index contributed by atoms with van der Waals surface area (Å²) >= 11 is 1.24. The van der Waals surface area contributed by atoms with E-state index in [1.807, 2.05) is 30.3 Å². The normalized spacial score (nSPS) is 21.7. The lowest BCUT2D eigenvalue weighted by atomic mass is 9.66. The lowest BCUT2D eigenvalue weighted by molar-refractivity contribution is 0.0845. The molecule has 1 fully saturated rings. The number of Topliss-reactive ketones (excluding diaryl/α,β-unsaturated/α-hetero) is 1. The molecule has 1 saturated carbocycles. The summed E-state index contributed by atoms with van der Waals surface area (Å²) in [4.78, 5) is 26.9. The maximum absolute atomic E-state index is 13.6. The molecule has 2 aliphatic carbocycles. The van der Waals surface area contributed by atoms with Gasteiger partial charge < -0.3 is 16.2 Å². The summed E-state index contributed by atoms with van der Waals surface area (Å²) < 4.78 is 0. The smallest absolute Gasteiger partial charge is 0.254 e. The number of ketones is 1. The molecule has 1 heterocycles. The number of hydrogen-bond donors (Lipinski definition) is 3. The van der Waals surface area contributed by atoms with Crippen LogP contribution in [0, 0.1) is 0 Å². The Morgan fingerprint density at radius 2 is 2.04 bits per heavy atom. The molecule has 2 aliphatic rings. The quantitative estimate of drug-likeness (QED) is 0.714. The van der Waals surface area contributed by atoms with E-state index in [-0.39, 0.29) is 24.3 Å². The lowest BCUT2D eigenvalue weighted by Crippen LogP contribution is -2.40. The van der Waals surface area contributed by atoms with Crippen LogP contribution < -0.4 is 11.1 Å². The van der Waals surface area contributed by atoms with E-state index in [1.54, 1.807) is 0 Å². The van der Waals surface area contributed by atoms with Crippen LogP contribution in [-0.2, 0) is 11.8 Å². The highest BCUT2D eigenvalue weighted by Gasteiger charge is 2.46. The van der Waals surface area contributed by atoms with Crippen molar-refractivity contribution in [3.05, 3.63) is 51.9 Å². The first kappa shape index (κ1) is 18.2. The first-order chi connectivity index (χ1) is 13.1. The summed E-state index contributed by atoms with van der Waals surface area (Å²) in [5, 5.41) is 12.8. The van der Waals surface area contributed by atoms with E-state index in [0.717, 1.165) is 24.0 Å². The highest BCUT2D eigenvalue weighted by molar-refractivity contribution is 7.18. The third-order valence-corrected chi connectivity index (χ3v) is 6.76. The van der Waals surface area contributed by atoms with Crippen molar-refractivity contribution in [2.24, 2.45) is 0 Å². The Labute approximate surface area is 162 Å². The minimum absolute atomic E-state index is 0.0329. The number of nitrogen functional groups attached to an aromatic ring is 1. The number of aliphatic hydroxyl groups excluding tert-OH is 1. The van der Waals surface area contributed by atoms with Gasteiger partial charge in [0.25, 0.3) is 5.91 Å². The molecule has 0 saturated heterocycles. The average Bonchev–Trinajstić information content (AvgIpc) is 3.42. The van der Waals surface area contributed by atoms with E-state index in [2.05, 4.69) is 5.32 Å². The number of hydrogen-bond acceptors (Lipinski definition) is 5. The fourth-order valence-corrected chi connectivity index (χ4v) is 5.26. The van der Waals surface area contributed by atoms with Crippen molar-refractivity contribution in [1.82, 2.24) is 5.32 Å². The van der Waals surface area contributed by atoms with E-state index in [0.29, 0.717) is 41.1 Å². The van der Waals surface area contributed by atoms with Crippen LogP contribution >= 0.6 is 11.3 Å². The number of rotatable bonds is 6. The number of nitrogens with one attached hydrogen (secondary N) is 1. The zero-order chi connectivity index (χ0) is 19.0. The molecule has 27 heavy (non-hydrogen) atoms. The van der Waals surface area contributed by atoms with Crippen LogP contribution in [-0.4, -0.2) is 29.4 Å². The fourth-order valence-electron chi connectivity index (χ4n) is 4.11. The summed E-state index contributed by atoms with van der Waals surface area (Å²) in [6.45, 7) is 0.0519. The number of aliphatic hydroxyl groups is 1. The van der Waals surface area contributed by atoms with Crippen LogP contribution in [0.25, 0.3) is 0 Å². The number of anilines is 1. The number of carbonyl (C=O) groups excluding carboxylic acids is 2. The van der Waals surface area contributed by atoms with Gasteiger partial charge in [-0.25, -0.2) is 0 Å². The molecular weight excluding hydrogens is 360 g/mol. The van der Waals surface area contributed by atoms with Gasteiger partial charge in [-0.3, -0.25) is 9.59 Å². The molecule has 2 aromatic rings. The zero-order valence-electron chi connectivity index (χ0n) is 15.2. The minimum atomic E-state index is -0.654. The van der Waals surface area contributed by atoms with Crippen molar-refractivity contribution in [3.63, 3.8) is 0 Å². The molecule has 1 amide bonds. The molecule has 1 unspecified atom stereocenters. The van der Waals surface area contributed by atoms with Crippen LogP contribution in [0.4, 0.5) is 5.00 Å². The van der Waals surface area contributed by atoms with Gasteiger partial charge in [0.2, 0.25) is 0 Å². The number of fused-ring (bicyclic) bond motifs is 1. The van der Waals surface area contributed by atoms with Gasteiger partial charge in [-0.2, -0.15) is 0 Å². The first-order valence-electron chi connectivity index (χ1n) is 9.50. The van der Waals surface area contributed by atoms with Crippen molar-refractivity contribution in [2.75, 3.05) is 12.3 Å². The number of carbonyl (C=O) groups is 2. The Morgan fingerprint density at radius 3 is 2.70 bits per heavy atom. The Kier molecular flexibility index (Phi) is 4.78. The Morgan fingerprint density at radius 1 is 1.30 bits per heavy atom. The highest BCUT2D eigenvalue weighted by atomic mass is 32.1. The van der Waals surface area contributed by atoms with Crippen molar-refractivity contribution in [3.8, 4) is 0 Å². The second-order valence-electron chi connectivity index (χ2n) is 7.50. The van der Waals surface area contributed by atoms with Crippen LogP contribution in [0.15, 0.2) is 30.3 Å². The monoisotopic (exact) mass is 384 g/mol. The van der Waals surface area contributed by atoms with Crippen molar-refractivity contribution < 1.29 is 14.7 Å².